The van der Waals surface area contributed by atoms with Crippen molar-refractivity contribution in [3.05, 3.63) is 0 Å². The zero-order valence-electron chi connectivity index (χ0n) is 10.5. The van der Waals surface area contributed by atoms with E-state index in [2.05, 4.69) is 5.32 Å². The molecule has 0 atom stereocenters. The topological polar surface area (TPSA) is 69.7 Å². The molecule has 0 bridgehead atoms. The first-order chi connectivity index (χ1) is 7.91. The van der Waals surface area contributed by atoms with Gasteiger partial charge >= 0.3 is 11.8 Å². The van der Waals surface area contributed by atoms with Gasteiger partial charge < -0.3 is 15.1 Å². The molecular weight excluding hydrogens is 222 g/mol. The maximum Gasteiger partial charge on any atom is 0.312 e. The molecule has 6 nitrogen and oxygen atoms in total. The van der Waals surface area contributed by atoms with Crippen molar-refractivity contribution >= 4 is 17.7 Å². The van der Waals surface area contributed by atoms with Crippen molar-refractivity contribution in [3.8, 4) is 0 Å². The molecule has 1 heterocycles. The molecule has 0 unspecified atom stereocenters. The van der Waals surface area contributed by atoms with Crippen LogP contribution in [0.15, 0.2) is 0 Å². The first kappa shape index (κ1) is 13.5. The zero-order valence-corrected chi connectivity index (χ0v) is 10.5. The molecule has 0 spiro atoms. The van der Waals surface area contributed by atoms with E-state index in [-0.39, 0.29) is 11.9 Å². The molecule has 0 saturated carbocycles. The van der Waals surface area contributed by atoms with Crippen molar-refractivity contribution < 1.29 is 14.4 Å². The van der Waals surface area contributed by atoms with Crippen LogP contribution in [0.4, 0.5) is 0 Å². The van der Waals surface area contributed by atoms with Crippen LogP contribution < -0.4 is 5.32 Å². The Balaban J connectivity index is 2.46. The second-order valence-electron chi connectivity index (χ2n) is 4.43. The Labute approximate surface area is 101 Å². The summed E-state index contributed by atoms with van der Waals surface area (Å²) in [6, 6.07) is -0.0510. The van der Waals surface area contributed by atoms with E-state index in [4.69, 9.17) is 0 Å². The van der Waals surface area contributed by atoms with Gasteiger partial charge in [0.1, 0.15) is 0 Å². The molecule has 1 N–H and O–H groups in total. The normalized spacial score (nSPS) is 16.0. The number of carbonyl (C=O) groups excluding carboxylic acids is 3. The molecule has 1 saturated heterocycles. The van der Waals surface area contributed by atoms with Crippen molar-refractivity contribution in [1.29, 1.82) is 0 Å². The van der Waals surface area contributed by atoms with E-state index in [0.717, 1.165) is 0 Å². The van der Waals surface area contributed by atoms with Gasteiger partial charge in [-0.3, -0.25) is 14.4 Å². The largest absolute Gasteiger partial charge is 0.346 e. The Kier molecular flexibility index (Phi) is 4.48. The van der Waals surface area contributed by atoms with Gasteiger partial charge in [-0.1, -0.05) is 0 Å². The van der Waals surface area contributed by atoms with Gasteiger partial charge in [0.2, 0.25) is 5.91 Å². The minimum atomic E-state index is -0.573. The first-order valence-electron chi connectivity index (χ1n) is 5.77. The average molecular weight is 241 g/mol. The van der Waals surface area contributed by atoms with Crippen LogP contribution in [0.25, 0.3) is 0 Å². The highest BCUT2D eigenvalue weighted by Crippen LogP contribution is 2.02. The summed E-state index contributed by atoms with van der Waals surface area (Å²) in [5, 5.41) is 2.56. The molecule has 96 valence electrons. The molecule has 1 aliphatic heterocycles. The van der Waals surface area contributed by atoms with Crippen LogP contribution >= 0.6 is 0 Å². The third-order valence-electron chi connectivity index (χ3n) is 2.63. The highest BCUT2D eigenvalue weighted by atomic mass is 16.2. The van der Waals surface area contributed by atoms with E-state index >= 15 is 0 Å². The van der Waals surface area contributed by atoms with E-state index in [1.165, 1.54) is 11.8 Å². The summed E-state index contributed by atoms with van der Waals surface area (Å²) < 4.78 is 0. The Morgan fingerprint density at radius 2 is 1.47 bits per heavy atom. The SMILES string of the molecule is CC(=O)N1CCN(C(=O)C(=O)NC(C)C)CC1. The predicted molar refractivity (Wildman–Crippen MR) is 62.1 cm³/mol. The van der Waals surface area contributed by atoms with Crippen molar-refractivity contribution in [1.82, 2.24) is 15.1 Å². The zero-order chi connectivity index (χ0) is 13.0. The van der Waals surface area contributed by atoms with Crippen molar-refractivity contribution in [3.63, 3.8) is 0 Å². The summed E-state index contributed by atoms with van der Waals surface area (Å²) in [4.78, 5) is 37.5. The second-order valence-corrected chi connectivity index (χ2v) is 4.43. The molecule has 0 radical (unpaired) electrons. The summed E-state index contributed by atoms with van der Waals surface area (Å²) in [6.45, 7) is 6.95. The number of hydrogen-bond donors (Lipinski definition) is 1. The lowest BCUT2D eigenvalue weighted by atomic mass is 10.3. The van der Waals surface area contributed by atoms with Gasteiger partial charge in [-0.05, 0) is 13.8 Å². The van der Waals surface area contributed by atoms with E-state index in [1.807, 2.05) is 0 Å². The van der Waals surface area contributed by atoms with E-state index in [0.29, 0.717) is 26.2 Å². The van der Waals surface area contributed by atoms with Crippen LogP contribution in [-0.2, 0) is 14.4 Å². The van der Waals surface area contributed by atoms with Gasteiger partial charge in [0.15, 0.2) is 0 Å². The number of nitrogens with zero attached hydrogens (tertiary/aromatic N) is 2. The molecule has 1 fully saturated rings. The molecule has 3 amide bonds. The van der Waals surface area contributed by atoms with Crippen LogP contribution in [0.2, 0.25) is 0 Å². The quantitative estimate of drug-likeness (QED) is 0.611. The Bertz CT molecular complexity index is 320. The van der Waals surface area contributed by atoms with Gasteiger partial charge in [0.05, 0.1) is 0 Å². The summed E-state index contributed by atoms with van der Waals surface area (Å²) in [5.41, 5.74) is 0. The smallest absolute Gasteiger partial charge is 0.312 e. The van der Waals surface area contributed by atoms with Gasteiger partial charge in [-0.2, -0.15) is 0 Å². The van der Waals surface area contributed by atoms with Crippen LogP contribution in [0, 0.1) is 0 Å². The minimum Gasteiger partial charge on any atom is -0.346 e. The maximum atomic E-state index is 11.7. The van der Waals surface area contributed by atoms with E-state index in [1.54, 1.807) is 18.7 Å². The first-order valence-corrected chi connectivity index (χ1v) is 5.77. The summed E-state index contributed by atoms with van der Waals surface area (Å²) in [5.74, 6) is -1.08. The number of amides is 3. The molecule has 1 rings (SSSR count). The Hall–Kier alpha value is -1.59. The summed E-state index contributed by atoms with van der Waals surface area (Å²) >= 11 is 0. The Morgan fingerprint density at radius 1 is 1.00 bits per heavy atom. The van der Waals surface area contributed by atoms with Gasteiger partial charge in [0, 0.05) is 39.1 Å². The van der Waals surface area contributed by atoms with Gasteiger partial charge in [0.25, 0.3) is 0 Å². The monoisotopic (exact) mass is 241 g/mol. The second kappa shape index (κ2) is 5.65. The number of piperazine rings is 1. The fourth-order valence-corrected chi connectivity index (χ4v) is 1.69. The lowest BCUT2D eigenvalue weighted by Gasteiger charge is -2.33. The Morgan fingerprint density at radius 3 is 1.88 bits per heavy atom. The summed E-state index contributed by atoms with van der Waals surface area (Å²) in [7, 11) is 0. The molecule has 0 aromatic carbocycles. The van der Waals surface area contributed by atoms with E-state index in [9.17, 15) is 14.4 Å². The highest BCUT2D eigenvalue weighted by Gasteiger charge is 2.26. The molecule has 6 heteroatoms. The van der Waals surface area contributed by atoms with Crippen molar-refractivity contribution in [2.75, 3.05) is 26.2 Å². The number of rotatable bonds is 1. The molecule has 0 aromatic rings. The molecule has 17 heavy (non-hydrogen) atoms. The standard InChI is InChI=1S/C11H19N3O3/c1-8(2)12-10(16)11(17)14-6-4-13(5-7-14)9(3)15/h8H,4-7H2,1-3H3,(H,12,16). The number of nitrogens with one attached hydrogen (secondary N) is 1. The van der Waals surface area contributed by atoms with Crippen molar-refractivity contribution in [2.45, 2.75) is 26.8 Å². The fourth-order valence-electron chi connectivity index (χ4n) is 1.69. The average Bonchev–Trinajstić information content (AvgIpc) is 2.27. The van der Waals surface area contributed by atoms with Crippen LogP contribution in [-0.4, -0.2) is 59.7 Å². The van der Waals surface area contributed by atoms with Crippen LogP contribution in [0.5, 0.6) is 0 Å². The van der Waals surface area contributed by atoms with E-state index < -0.39 is 11.8 Å². The lowest BCUT2D eigenvalue weighted by molar-refractivity contribution is -0.148. The third kappa shape index (κ3) is 3.72. The molecule has 0 aliphatic carbocycles. The number of carbonyl (C=O) groups is 3. The summed E-state index contributed by atoms with van der Waals surface area (Å²) in [6.07, 6.45) is 0. The van der Waals surface area contributed by atoms with Gasteiger partial charge in [-0.25, -0.2) is 0 Å². The minimum absolute atomic E-state index is 0.00345. The fraction of sp³-hybridized carbons (Fsp3) is 0.727. The third-order valence-corrected chi connectivity index (χ3v) is 2.63. The lowest BCUT2D eigenvalue weighted by Crippen LogP contribution is -2.54. The molecule has 1 aliphatic rings. The maximum absolute atomic E-state index is 11.7. The van der Waals surface area contributed by atoms with Crippen LogP contribution in [0.1, 0.15) is 20.8 Å². The molecular formula is C11H19N3O3. The van der Waals surface area contributed by atoms with Gasteiger partial charge in [-0.15, -0.1) is 0 Å². The van der Waals surface area contributed by atoms with Crippen molar-refractivity contribution in [2.24, 2.45) is 0 Å². The molecule has 0 aromatic heterocycles. The van der Waals surface area contributed by atoms with Crippen LogP contribution in [0.3, 0.4) is 0 Å². The number of hydrogen-bond acceptors (Lipinski definition) is 3. The highest BCUT2D eigenvalue weighted by molar-refractivity contribution is 6.35. The predicted octanol–water partition coefficient (Wildman–Crippen LogP) is -0.798.